The van der Waals surface area contributed by atoms with Crippen molar-refractivity contribution in [2.75, 3.05) is 0 Å². The van der Waals surface area contributed by atoms with Gasteiger partial charge >= 0.3 is 373 Å². The van der Waals surface area contributed by atoms with Crippen LogP contribution in [0.3, 0.4) is 0 Å². The Kier molecular flexibility index (Phi) is 13.4. The van der Waals surface area contributed by atoms with E-state index in [0.29, 0.717) is 0 Å². The number of benzene rings is 4. The van der Waals surface area contributed by atoms with E-state index >= 15 is 0 Å². The van der Waals surface area contributed by atoms with E-state index in [-0.39, 0.29) is 18.2 Å². The van der Waals surface area contributed by atoms with Crippen molar-refractivity contribution in [3.8, 4) is 46.0 Å². The van der Waals surface area contributed by atoms with Gasteiger partial charge in [0.15, 0.2) is 0 Å². The minimum absolute atomic E-state index is 0.363. The van der Waals surface area contributed by atoms with Crippen molar-refractivity contribution in [2.45, 2.75) is 0 Å². The summed E-state index contributed by atoms with van der Waals surface area (Å²) in [6.45, 7) is 0. The van der Waals surface area contributed by atoms with Crippen LogP contribution in [0.1, 0.15) is 0 Å². The molecule has 45 heteroatoms. The standard InChI is InChI=1S/4C6H3N3O8.Pb/c4*10-5-2(7(12)13)1-3(8(14)15)6(11)4(5)9(16)17;/h4*1,10-11H;/q;;;;+4/p-4. The summed E-state index contributed by atoms with van der Waals surface area (Å²) >= 11 is -9.55. The molecule has 44 nitrogen and oxygen atoms in total. The average Bonchev–Trinajstić information content (AvgIpc) is 3.19. The van der Waals surface area contributed by atoms with Crippen LogP contribution in [0.5, 0.6) is 46.0 Å². The summed E-state index contributed by atoms with van der Waals surface area (Å²) in [7, 11) is 0. The first-order valence-electron chi connectivity index (χ1n) is 15.9. The monoisotopic (exact) mass is 1180 g/mol. The summed E-state index contributed by atoms with van der Waals surface area (Å²) < 4.78 is 17.7. The molecule has 4 aromatic rings. The minimum atomic E-state index is -9.55. The van der Waals surface area contributed by atoms with Gasteiger partial charge in [0.05, 0.1) is 0 Å². The van der Waals surface area contributed by atoms with Crippen LogP contribution in [-0.2, 0) is 11.2 Å². The normalized spacial score (nSPS) is 10.8. The van der Waals surface area contributed by atoms with Gasteiger partial charge in [-0.25, -0.2) is 0 Å². The van der Waals surface area contributed by atoms with Crippen molar-refractivity contribution in [3.63, 3.8) is 0 Å². The molecular weight excluding hydrogens is 1180 g/mol. The second-order valence-electron chi connectivity index (χ2n) is 11.7. The van der Waals surface area contributed by atoms with E-state index in [2.05, 4.69) is 11.2 Å². The van der Waals surface area contributed by atoms with Crippen LogP contribution in [-0.4, -0.2) is 102 Å². The molecule has 0 aliphatic carbocycles. The van der Waals surface area contributed by atoms with Gasteiger partial charge in [0.2, 0.25) is 0 Å². The van der Waals surface area contributed by atoms with E-state index in [0.717, 1.165) is 0 Å². The summed E-state index contributed by atoms with van der Waals surface area (Å²) in [5.74, 6) is -19.8. The molecule has 0 spiro atoms. The van der Waals surface area contributed by atoms with Crippen LogP contribution in [0.4, 0.5) is 68.2 Å². The second kappa shape index (κ2) is 18.2. The third-order valence-corrected chi connectivity index (χ3v) is 13.9. The molecular formula is C24H8N12O32Pb. The maximum absolute atomic E-state index is 13.7. The molecule has 0 aliphatic heterocycles. The second-order valence-corrected chi connectivity index (χ2v) is 18.4. The van der Waals surface area contributed by atoms with Crippen molar-refractivity contribution < 1.29 is 111 Å². The van der Waals surface area contributed by atoms with Crippen LogP contribution in [0, 0.1) is 101 Å². The van der Waals surface area contributed by atoms with Gasteiger partial charge in [-0.15, -0.1) is 0 Å². The first-order chi connectivity index (χ1) is 31.8. The van der Waals surface area contributed by atoms with Crippen molar-refractivity contribution in [1.29, 1.82) is 0 Å². The number of hydrogen-bond acceptors (Lipinski definition) is 32. The van der Waals surface area contributed by atoms with Crippen molar-refractivity contribution in [3.05, 3.63) is 125 Å². The van der Waals surface area contributed by atoms with Crippen molar-refractivity contribution in [1.82, 2.24) is 0 Å². The molecule has 360 valence electrons. The fraction of sp³-hybridized carbons (Fsp3) is 0. The van der Waals surface area contributed by atoms with Gasteiger partial charge in [0.1, 0.15) is 0 Å². The Bertz CT molecular complexity index is 2760. The fourth-order valence-electron chi connectivity index (χ4n) is 4.92. The number of nitro benzene ring substituents is 8. The van der Waals surface area contributed by atoms with Gasteiger partial charge in [0, 0.05) is 0 Å². The molecule has 0 aliphatic rings. The van der Waals surface area contributed by atoms with Crippen LogP contribution < -0.4 is 20.4 Å². The van der Waals surface area contributed by atoms with Crippen molar-refractivity contribution in [2.24, 2.45) is 0 Å². The molecule has 0 bridgehead atoms. The molecule has 4 aromatic carbocycles. The third kappa shape index (κ3) is 9.19. The predicted molar refractivity (Wildman–Crippen MR) is 187 cm³/mol. The number of aromatic hydroxyl groups is 4. The zero-order valence-electron chi connectivity index (χ0n) is 31.4. The summed E-state index contributed by atoms with van der Waals surface area (Å²) in [6.07, 6.45) is 0. The summed E-state index contributed by atoms with van der Waals surface area (Å²) in [5, 5.41) is 187. The van der Waals surface area contributed by atoms with E-state index in [1.54, 1.807) is 0 Å². The molecule has 4 rings (SSSR count). The third-order valence-electron chi connectivity index (χ3n) is 7.84. The van der Waals surface area contributed by atoms with E-state index < -0.39 is 202 Å². The van der Waals surface area contributed by atoms with Crippen LogP contribution in [0.25, 0.3) is 0 Å². The molecule has 0 unspecified atom stereocenters. The molecule has 69 heavy (non-hydrogen) atoms. The van der Waals surface area contributed by atoms with Gasteiger partial charge < -0.3 is 0 Å². The van der Waals surface area contributed by atoms with E-state index in [9.17, 15) is 141 Å². The fourth-order valence-corrected chi connectivity index (χ4v) is 10.3. The number of nitro groups is 8. The molecule has 0 saturated heterocycles. The maximum atomic E-state index is 13.7. The molecule has 4 N–H and O–H groups in total. The Morgan fingerprint density at radius 3 is 0.739 bits per heavy atom. The number of phenolic OH excluding ortho intramolecular Hbond substituents is 4. The molecule has 0 radical (unpaired) electrons. The number of nitrogens with zero attached hydrogens (tertiary/aromatic N) is 12. The molecule has 0 heterocycles. The molecule has 0 fully saturated rings. The first kappa shape index (κ1) is 50.6. The van der Waals surface area contributed by atoms with Crippen LogP contribution in [0.2, 0.25) is 0 Å². The van der Waals surface area contributed by atoms with Gasteiger partial charge in [-0.1, -0.05) is 0 Å². The molecule has 0 atom stereocenters. The quantitative estimate of drug-likeness (QED) is 0.0513. The van der Waals surface area contributed by atoms with Gasteiger partial charge in [-0.3, -0.25) is 0 Å². The van der Waals surface area contributed by atoms with E-state index in [1.807, 2.05) is 0 Å². The van der Waals surface area contributed by atoms with Gasteiger partial charge in [-0.05, 0) is 0 Å². The zero-order chi connectivity index (χ0) is 52.6. The van der Waals surface area contributed by atoms with Gasteiger partial charge in [-0.2, -0.15) is 0 Å². The molecule has 0 aromatic heterocycles. The summed E-state index contributed by atoms with van der Waals surface area (Å²) in [5.41, 5.74) is -27.1. The first-order valence-corrected chi connectivity index (χ1v) is 22.3. The Morgan fingerprint density at radius 2 is 0.507 bits per heavy atom. The summed E-state index contributed by atoms with van der Waals surface area (Å²) in [4.78, 5) is 125. The van der Waals surface area contributed by atoms with Crippen LogP contribution in [0.15, 0.2) is 24.3 Å². The SMILES string of the molecule is O=[N+]([O-])c1cc([N+](=O)[O][Pb]([O][N+](=O)c2c([O-])c([N+](=O)[O-])cc([N+](=O)[O-])c2O)([O][N+](=O)c2c([O-])c([N+](=O)[O-])cc([N+](=O)[O-])c2O)[O][N+](=O)c2c([O-])c([N+](=O)[O-])cc([N+](=O)[O-])c2O)c(O)c([N+](=O)[O-])c1[O-]. The predicted octanol–water partition coefficient (Wildman–Crippen LogP) is -0.0268. The number of rotatable bonds is 20. The zero-order valence-corrected chi connectivity index (χ0v) is 35.3. The van der Waals surface area contributed by atoms with E-state index in [4.69, 9.17) is 0 Å². The average molecular weight is 1180 g/mol. The Morgan fingerprint density at radius 1 is 0.304 bits per heavy atom. The Hall–Kier alpha value is -11.0. The summed E-state index contributed by atoms with van der Waals surface area (Å²) in [6, 6.07) is -1.62. The van der Waals surface area contributed by atoms with Crippen molar-refractivity contribution >= 4 is 91.2 Å². The molecule has 0 amide bonds. The van der Waals surface area contributed by atoms with E-state index in [1.165, 1.54) is 0 Å². The van der Waals surface area contributed by atoms with Crippen LogP contribution >= 0.6 is 0 Å². The number of hydrogen-bond donors (Lipinski definition) is 4. The Balaban J connectivity index is 2.26. The topological polar surface area (TPSA) is 636 Å². The Labute approximate surface area is 372 Å². The molecule has 0 saturated carbocycles. The van der Waals surface area contributed by atoms with Gasteiger partial charge in [0.25, 0.3) is 0 Å². The number of phenols is 4.